The number of nitrogens with one attached hydrogen (secondary N) is 2. The van der Waals surface area contributed by atoms with Crippen molar-refractivity contribution in [1.29, 1.82) is 0 Å². The molecular formula is C16H20N4. The number of hydrogen-bond acceptors (Lipinski definition) is 2. The summed E-state index contributed by atoms with van der Waals surface area (Å²) >= 11 is 0. The lowest BCUT2D eigenvalue weighted by atomic mass is 10.1. The predicted molar refractivity (Wildman–Crippen MR) is 81.7 cm³/mol. The molecule has 0 fully saturated rings. The molecule has 0 bridgehead atoms. The first-order valence-electron chi connectivity index (χ1n) is 6.99. The van der Waals surface area contributed by atoms with Crippen molar-refractivity contribution in [3.63, 3.8) is 0 Å². The molecule has 20 heavy (non-hydrogen) atoms. The number of aryl methyl sites for hydroxylation is 1. The summed E-state index contributed by atoms with van der Waals surface area (Å²) in [6, 6.07) is 8.44. The highest BCUT2D eigenvalue weighted by Gasteiger charge is 2.04. The van der Waals surface area contributed by atoms with E-state index in [4.69, 9.17) is 0 Å². The molecule has 0 aliphatic carbocycles. The summed E-state index contributed by atoms with van der Waals surface area (Å²) in [4.78, 5) is 3.32. The maximum atomic E-state index is 4.26. The lowest BCUT2D eigenvalue weighted by Gasteiger charge is -2.04. The third-order valence-electron chi connectivity index (χ3n) is 3.90. The van der Waals surface area contributed by atoms with Gasteiger partial charge in [0.25, 0.3) is 0 Å². The van der Waals surface area contributed by atoms with Crippen LogP contribution in [-0.4, -0.2) is 21.3 Å². The lowest BCUT2D eigenvalue weighted by Crippen LogP contribution is -2.17. The molecule has 3 aromatic rings. The standard InChI is InChI=1S/C16H20N4/c1-12-14(11-19-20(12)2)9-17-8-7-13-10-18-16-6-4-3-5-15(13)16/h3-6,10-11,17-18H,7-9H2,1-2H3. The van der Waals surface area contributed by atoms with Crippen LogP contribution in [0.25, 0.3) is 10.9 Å². The summed E-state index contributed by atoms with van der Waals surface area (Å²) < 4.78 is 1.91. The van der Waals surface area contributed by atoms with Crippen LogP contribution in [0.1, 0.15) is 16.8 Å². The average molecular weight is 268 g/mol. The molecule has 3 rings (SSSR count). The summed E-state index contributed by atoms with van der Waals surface area (Å²) in [7, 11) is 1.98. The molecule has 0 radical (unpaired) electrons. The van der Waals surface area contributed by atoms with E-state index >= 15 is 0 Å². The summed E-state index contributed by atoms with van der Waals surface area (Å²) in [5.74, 6) is 0. The predicted octanol–water partition coefficient (Wildman–Crippen LogP) is 2.54. The highest BCUT2D eigenvalue weighted by molar-refractivity contribution is 5.83. The average Bonchev–Trinajstić information content (AvgIpc) is 3.02. The molecule has 0 aliphatic heterocycles. The monoisotopic (exact) mass is 268 g/mol. The van der Waals surface area contributed by atoms with Gasteiger partial charge in [0.2, 0.25) is 0 Å². The van der Waals surface area contributed by atoms with E-state index < -0.39 is 0 Å². The molecule has 0 aliphatic rings. The SMILES string of the molecule is Cc1c(CNCCc2c[nH]c3ccccc23)cnn1C. The summed E-state index contributed by atoms with van der Waals surface area (Å²) in [5, 5.41) is 9.07. The van der Waals surface area contributed by atoms with Crippen LogP contribution in [0.15, 0.2) is 36.7 Å². The summed E-state index contributed by atoms with van der Waals surface area (Å²) in [6.07, 6.45) is 5.08. The van der Waals surface area contributed by atoms with Gasteiger partial charge in [-0.2, -0.15) is 5.10 Å². The molecule has 0 spiro atoms. The van der Waals surface area contributed by atoms with Crippen molar-refractivity contribution in [2.75, 3.05) is 6.54 Å². The third kappa shape index (κ3) is 2.47. The quantitative estimate of drug-likeness (QED) is 0.699. The van der Waals surface area contributed by atoms with Crippen LogP contribution in [0.3, 0.4) is 0 Å². The Kier molecular flexibility index (Phi) is 3.56. The molecule has 2 aromatic heterocycles. The Morgan fingerprint density at radius 3 is 2.90 bits per heavy atom. The van der Waals surface area contributed by atoms with Crippen LogP contribution < -0.4 is 5.32 Å². The minimum Gasteiger partial charge on any atom is -0.361 e. The number of aromatic nitrogens is 3. The summed E-state index contributed by atoms with van der Waals surface area (Å²) in [6.45, 7) is 3.95. The number of aromatic amines is 1. The second-order valence-corrected chi connectivity index (χ2v) is 5.17. The number of benzene rings is 1. The second kappa shape index (κ2) is 5.51. The molecule has 1 aromatic carbocycles. The second-order valence-electron chi connectivity index (χ2n) is 5.17. The number of hydrogen-bond donors (Lipinski definition) is 2. The Hall–Kier alpha value is -2.07. The maximum absolute atomic E-state index is 4.26. The van der Waals surface area contributed by atoms with E-state index in [2.05, 4.69) is 52.8 Å². The van der Waals surface area contributed by atoms with Gasteiger partial charge >= 0.3 is 0 Å². The molecule has 104 valence electrons. The van der Waals surface area contributed by atoms with Gasteiger partial charge < -0.3 is 10.3 Å². The molecule has 4 nitrogen and oxygen atoms in total. The molecule has 0 unspecified atom stereocenters. The fourth-order valence-corrected chi connectivity index (χ4v) is 2.50. The number of H-pyrrole nitrogens is 1. The van der Waals surface area contributed by atoms with E-state index in [-0.39, 0.29) is 0 Å². The van der Waals surface area contributed by atoms with Crippen molar-refractivity contribution in [3.8, 4) is 0 Å². The van der Waals surface area contributed by atoms with Crippen molar-refractivity contribution in [2.45, 2.75) is 19.9 Å². The van der Waals surface area contributed by atoms with Gasteiger partial charge in [-0.1, -0.05) is 18.2 Å². The van der Waals surface area contributed by atoms with Crippen molar-refractivity contribution >= 4 is 10.9 Å². The zero-order chi connectivity index (χ0) is 13.9. The lowest BCUT2D eigenvalue weighted by molar-refractivity contribution is 0.681. The highest BCUT2D eigenvalue weighted by atomic mass is 15.3. The van der Waals surface area contributed by atoms with Gasteiger partial charge in [-0.05, 0) is 31.5 Å². The van der Waals surface area contributed by atoms with E-state index in [0.29, 0.717) is 0 Å². The summed E-state index contributed by atoms with van der Waals surface area (Å²) in [5.41, 5.74) is 5.08. The van der Waals surface area contributed by atoms with Gasteiger partial charge in [-0.3, -0.25) is 4.68 Å². The third-order valence-corrected chi connectivity index (χ3v) is 3.90. The smallest absolute Gasteiger partial charge is 0.0537 e. The van der Waals surface area contributed by atoms with Crippen LogP contribution in [0, 0.1) is 6.92 Å². The Morgan fingerprint density at radius 2 is 2.10 bits per heavy atom. The van der Waals surface area contributed by atoms with Crippen molar-refractivity contribution < 1.29 is 0 Å². The molecular weight excluding hydrogens is 248 g/mol. The molecule has 0 amide bonds. The van der Waals surface area contributed by atoms with E-state index in [1.165, 1.54) is 27.7 Å². The van der Waals surface area contributed by atoms with E-state index in [1.54, 1.807) is 0 Å². The zero-order valence-electron chi connectivity index (χ0n) is 12.0. The Morgan fingerprint density at radius 1 is 1.25 bits per heavy atom. The minimum absolute atomic E-state index is 0.877. The molecule has 0 saturated heterocycles. The maximum Gasteiger partial charge on any atom is 0.0537 e. The Labute approximate surface area is 118 Å². The Balaban J connectivity index is 1.56. The van der Waals surface area contributed by atoms with E-state index in [1.807, 2.05) is 17.9 Å². The number of para-hydroxylation sites is 1. The minimum atomic E-state index is 0.877. The van der Waals surface area contributed by atoms with E-state index in [0.717, 1.165) is 19.5 Å². The molecule has 2 N–H and O–H groups in total. The molecule has 0 saturated carbocycles. The van der Waals surface area contributed by atoms with Gasteiger partial charge in [-0.15, -0.1) is 0 Å². The first-order valence-corrected chi connectivity index (χ1v) is 6.99. The van der Waals surface area contributed by atoms with Crippen LogP contribution in [0.4, 0.5) is 0 Å². The number of rotatable bonds is 5. The van der Waals surface area contributed by atoms with Gasteiger partial charge in [0.15, 0.2) is 0 Å². The number of fused-ring (bicyclic) bond motifs is 1. The van der Waals surface area contributed by atoms with Crippen molar-refractivity contribution in [1.82, 2.24) is 20.1 Å². The number of nitrogens with zero attached hydrogens (tertiary/aromatic N) is 2. The van der Waals surface area contributed by atoms with Gasteiger partial charge in [0.05, 0.1) is 6.20 Å². The first kappa shape index (κ1) is 12.9. The molecule has 2 heterocycles. The van der Waals surface area contributed by atoms with Crippen molar-refractivity contribution in [3.05, 3.63) is 53.5 Å². The van der Waals surface area contributed by atoms with Crippen LogP contribution >= 0.6 is 0 Å². The van der Waals surface area contributed by atoms with Gasteiger partial charge in [0, 0.05) is 41.9 Å². The fraction of sp³-hybridized carbons (Fsp3) is 0.312. The van der Waals surface area contributed by atoms with Gasteiger partial charge in [-0.25, -0.2) is 0 Å². The normalized spacial score (nSPS) is 11.3. The zero-order valence-corrected chi connectivity index (χ0v) is 12.0. The van der Waals surface area contributed by atoms with Crippen LogP contribution in [-0.2, 0) is 20.0 Å². The van der Waals surface area contributed by atoms with Crippen LogP contribution in [0.5, 0.6) is 0 Å². The van der Waals surface area contributed by atoms with Gasteiger partial charge in [0.1, 0.15) is 0 Å². The largest absolute Gasteiger partial charge is 0.361 e. The van der Waals surface area contributed by atoms with Crippen LogP contribution in [0.2, 0.25) is 0 Å². The highest BCUT2D eigenvalue weighted by Crippen LogP contribution is 2.17. The first-order chi connectivity index (χ1) is 9.75. The van der Waals surface area contributed by atoms with E-state index in [9.17, 15) is 0 Å². The fourth-order valence-electron chi connectivity index (χ4n) is 2.50. The molecule has 4 heteroatoms. The Bertz CT molecular complexity index is 708. The topological polar surface area (TPSA) is 45.6 Å². The van der Waals surface area contributed by atoms with Crippen molar-refractivity contribution in [2.24, 2.45) is 7.05 Å². The molecule has 0 atom stereocenters.